The topological polar surface area (TPSA) is 58.1 Å². The van der Waals surface area contributed by atoms with Gasteiger partial charge in [0, 0.05) is 6.04 Å². The summed E-state index contributed by atoms with van der Waals surface area (Å²) in [4.78, 5) is 27.1. The van der Waals surface area contributed by atoms with Crippen LogP contribution in [0, 0.1) is 5.82 Å². The second kappa shape index (κ2) is 5.46. The number of aromatic amines is 1. The standard InChI is InChI=1S/C10H15ClFN3O2/c1-6(4-5-14(2)3)15-9(16)7(12)8(11)13-10(15)17/h6H,4-5H2,1-3H3,(H,13,17). The lowest BCUT2D eigenvalue weighted by atomic mass is 10.2. The number of hydrogen-bond donors (Lipinski definition) is 1. The van der Waals surface area contributed by atoms with Gasteiger partial charge in [-0.25, -0.2) is 4.79 Å². The quantitative estimate of drug-likeness (QED) is 0.819. The van der Waals surface area contributed by atoms with Gasteiger partial charge in [0.15, 0.2) is 5.15 Å². The molecule has 0 aliphatic heterocycles. The first-order chi connectivity index (χ1) is 7.84. The molecule has 0 saturated heterocycles. The zero-order valence-electron chi connectivity index (χ0n) is 9.96. The molecule has 7 heteroatoms. The van der Waals surface area contributed by atoms with Crippen LogP contribution in [0.5, 0.6) is 0 Å². The summed E-state index contributed by atoms with van der Waals surface area (Å²) in [5, 5.41) is -0.545. The van der Waals surface area contributed by atoms with E-state index in [0.717, 1.165) is 4.57 Å². The van der Waals surface area contributed by atoms with Crippen molar-refractivity contribution in [3.63, 3.8) is 0 Å². The summed E-state index contributed by atoms with van der Waals surface area (Å²) < 4.78 is 14.1. The molecule has 1 N–H and O–H groups in total. The fraction of sp³-hybridized carbons (Fsp3) is 0.600. The summed E-state index contributed by atoms with van der Waals surface area (Å²) in [6, 6.07) is -0.389. The molecule has 0 aromatic carbocycles. The van der Waals surface area contributed by atoms with E-state index in [1.165, 1.54) is 0 Å². The molecule has 5 nitrogen and oxygen atoms in total. The zero-order valence-corrected chi connectivity index (χ0v) is 10.7. The van der Waals surface area contributed by atoms with Crippen molar-refractivity contribution in [2.24, 2.45) is 0 Å². The number of nitrogens with one attached hydrogen (secondary N) is 1. The van der Waals surface area contributed by atoms with Crippen LogP contribution >= 0.6 is 11.6 Å². The molecule has 0 saturated carbocycles. The predicted octanol–water partition coefficient (Wildman–Crippen LogP) is 0.842. The van der Waals surface area contributed by atoms with Gasteiger partial charge in [0.05, 0.1) is 0 Å². The summed E-state index contributed by atoms with van der Waals surface area (Å²) in [6.07, 6.45) is 0.567. The summed E-state index contributed by atoms with van der Waals surface area (Å²) in [7, 11) is 3.75. The molecule has 0 bridgehead atoms. The number of rotatable bonds is 4. The van der Waals surface area contributed by atoms with Gasteiger partial charge in [0.25, 0.3) is 5.56 Å². The SMILES string of the molecule is CC(CCN(C)C)n1c(=O)[nH]c(Cl)c(F)c1=O. The largest absolute Gasteiger partial charge is 0.329 e. The summed E-state index contributed by atoms with van der Waals surface area (Å²) in [5.41, 5.74) is -1.67. The monoisotopic (exact) mass is 263 g/mol. The molecule has 0 amide bonds. The fourth-order valence-corrected chi connectivity index (χ4v) is 1.64. The lowest BCUT2D eigenvalue weighted by Crippen LogP contribution is -2.39. The Morgan fingerprint density at radius 2 is 2.06 bits per heavy atom. The van der Waals surface area contributed by atoms with Crippen LogP contribution in [0.3, 0.4) is 0 Å². The van der Waals surface area contributed by atoms with Gasteiger partial charge in [-0.2, -0.15) is 4.39 Å². The maximum Gasteiger partial charge on any atom is 0.329 e. The van der Waals surface area contributed by atoms with Gasteiger partial charge >= 0.3 is 5.69 Å². The van der Waals surface area contributed by atoms with Crippen molar-refractivity contribution in [1.82, 2.24) is 14.5 Å². The molecule has 1 aromatic heterocycles. The third-order valence-corrected chi connectivity index (χ3v) is 2.73. The van der Waals surface area contributed by atoms with Crippen molar-refractivity contribution >= 4 is 11.6 Å². The van der Waals surface area contributed by atoms with Crippen LogP contribution in [0.1, 0.15) is 19.4 Å². The third-order valence-electron chi connectivity index (χ3n) is 2.47. The van der Waals surface area contributed by atoms with E-state index in [2.05, 4.69) is 4.98 Å². The number of nitrogens with zero attached hydrogens (tertiary/aromatic N) is 2. The van der Waals surface area contributed by atoms with Crippen LogP contribution < -0.4 is 11.2 Å². The number of hydrogen-bond acceptors (Lipinski definition) is 3. The van der Waals surface area contributed by atoms with E-state index < -0.39 is 22.2 Å². The molecule has 96 valence electrons. The van der Waals surface area contributed by atoms with Crippen molar-refractivity contribution in [3.8, 4) is 0 Å². The molecule has 0 aliphatic rings. The molecule has 1 rings (SSSR count). The van der Waals surface area contributed by atoms with Crippen molar-refractivity contribution in [3.05, 3.63) is 31.8 Å². The molecule has 1 unspecified atom stereocenters. The molecule has 1 aromatic rings. The molecule has 0 fully saturated rings. The van der Waals surface area contributed by atoms with E-state index in [1.807, 2.05) is 19.0 Å². The average molecular weight is 264 g/mol. The Hall–Kier alpha value is -1.14. The maximum absolute atomic E-state index is 13.3. The molecule has 0 aliphatic carbocycles. The molecule has 0 radical (unpaired) electrons. The summed E-state index contributed by atoms with van der Waals surface area (Å²) in [6.45, 7) is 2.38. The van der Waals surface area contributed by atoms with Crippen LogP contribution in [-0.2, 0) is 0 Å². The van der Waals surface area contributed by atoms with E-state index in [1.54, 1.807) is 6.92 Å². The number of H-pyrrole nitrogens is 1. The molecular formula is C10H15ClFN3O2. The Morgan fingerprint density at radius 3 is 2.59 bits per heavy atom. The Balaban J connectivity index is 3.10. The Kier molecular flexibility index (Phi) is 4.47. The number of halogens is 2. The van der Waals surface area contributed by atoms with E-state index in [4.69, 9.17) is 11.6 Å². The highest BCUT2D eigenvalue weighted by atomic mass is 35.5. The predicted molar refractivity (Wildman–Crippen MR) is 64.2 cm³/mol. The van der Waals surface area contributed by atoms with E-state index in [9.17, 15) is 14.0 Å². The first-order valence-electron chi connectivity index (χ1n) is 5.19. The van der Waals surface area contributed by atoms with Crippen molar-refractivity contribution < 1.29 is 4.39 Å². The third kappa shape index (κ3) is 3.17. The second-order valence-corrected chi connectivity index (χ2v) is 4.55. The van der Waals surface area contributed by atoms with Gasteiger partial charge in [0.1, 0.15) is 0 Å². The first kappa shape index (κ1) is 13.9. The normalized spacial score (nSPS) is 13.1. The maximum atomic E-state index is 13.3. The van der Waals surface area contributed by atoms with Crippen LogP contribution in [0.4, 0.5) is 4.39 Å². The van der Waals surface area contributed by atoms with Crippen molar-refractivity contribution in [2.45, 2.75) is 19.4 Å². The Bertz CT molecular complexity index is 509. The minimum Gasteiger partial charge on any atom is -0.309 e. The highest BCUT2D eigenvalue weighted by molar-refractivity contribution is 6.29. The highest BCUT2D eigenvalue weighted by Gasteiger charge is 2.16. The average Bonchev–Trinajstić information content (AvgIpc) is 2.23. The Morgan fingerprint density at radius 1 is 1.47 bits per heavy atom. The van der Waals surface area contributed by atoms with Gasteiger partial charge in [-0.3, -0.25) is 14.3 Å². The van der Waals surface area contributed by atoms with Crippen molar-refractivity contribution in [1.29, 1.82) is 0 Å². The smallest absolute Gasteiger partial charge is 0.309 e. The lowest BCUT2D eigenvalue weighted by Gasteiger charge is -2.16. The minimum absolute atomic E-state index is 0.389. The Labute approximate surface area is 103 Å². The number of aromatic nitrogens is 2. The summed E-state index contributed by atoms with van der Waals surface area (Å²) >= 11 is 5.37. The highest BCUT2D eigenvalue weighted by Crippen LogP contribution is 2.08. The summed E-state index contributed by atoms with van der Waals surface area (Å²) in [5.74, 6) is -1.12. The van der Waals surface area contributed by atoms with E-state index in [-0.39, 0.29) is 6.04 Å². The zero-order chi connectivity index (χ0) is 13.2. The van der Waals surface area contributed by atoms with Gasteiger partial charge in [-0.1, -0.05) is 11.6 Å². The van der Waals surface area contributed by atoms with Gasteiger partial charge in [0.2, 0.25) is 5.82 Å². The molecule has 17 heavy (non-hydrogen) atoms. The second-order valence-electron chi connectivity index (χ2n) is 4.17. The van der Waals surface area contributed by atoms with E-state index in [0.29, 0.717) is 13.0 Å². The molecule has 1 atom stereocenters. The van der Waals surface area contributed by atoms with Crippen molar-refractivity contribution in [2.75, 3.05) is 20.6 Å². The van der Waals surface area contributed by atoms with Crippen LogP contribution in [0.2, 0.25) is 5.15 Å². The lowest BCUT2D eigenvalue weighted by molar-refractivity contribution is 0.346. The molecule has 1 heterocycles. The van der Waals surface area contributed by atoms with Gasteiger partial charge in [-0.15, -0.1) is 0 Å². The van der Waals surface area contributed by atoms with Crippen LogP contribution in [0.15, 0.2) is 9.59 Å². The van der Waals surface area contributed by atoms with Crippen LogP contribution in [-0.4, -0.2) is 35.1 Å². The fourth-order valence-electron chi connectivity index (χ4n) is 1.48. The molecular weight excluding hydrogens is 249 g/mol. The van der Waals surface area contributed by atoms with Gasteiger partial charge < -0.3 is 4.90 Å². The van der Waals surface area contributed by atoms with Crippen LogP contribution in [0.25, 0.3) is 0 Å². The minimum atomic E-state index is -1.12. The van der Waals surface area contributed by atoms with Gasteiger partial charge in [-0.05, 0) is 34.0 Å². The van der Waals surface area contributed by atoms with E-state index >= 15 is 0 Å². The first-order valence-corrected chi connectivity index (χ1v) is 5.57. The molecule has 0 spiro atoms.